The van der Waals surface area contributed by atoms with Gasteiger partial charge in [-0.15, -0.1) is 5.10 Å². The maximum atomic E-state index is 12.5. The lowest BCUT2D eigenvalue weighted by molar-refractivity contribution is -0.122. The minimum absolute atomic E-state index is 0.246. The maximum absolute atomic E-state index is 12.5. The molecule has 1 aromatic heterocycles. The van der Waals surface area contributed by atoms with Crippen LogP contribution in [-0.4, -0.2) is 32.2 Å². The Morgan fingerprint density at radius 3 is 2.78 bits per heavy atom. The Kier molecular flexibility index (Phi) is 4.77. The van der Waals surface area contributed by atoms with Gasteiger partial charge in [-0.25, -0.2) is 4.68 Å². The molecule has 1 saturated carbocycles. The van der Waals surface area contributed by atoms with Crippen molar-refractivity contribution in [3.05, 3.63) is 53.6 Å². The molecular weight excluding hydrogens is 366 g/mol. The molecule has 0 unspecified atom stereocenters. The molecule has 1 heterocycles. The third-order valence-electron chi connectivity index (χ3n) is 4.27. The largest absolute Gasteiger partial charge is 0.481 e. The lowest BCUT2D eigenvalue weighted by atomic mass is 10.2. The molecule has 0 aliphatic heterocycles. The quantitative estimate of drug-likeness (QED) is 0.701. The number of nitrogens with zero attached hydrogens (tertiary/aromatic N) is 4. The Labute approximate surface area is 161 Å². The van der Waals surface area contributed by atoms with Gasteiger partial charge >= 0.3 is 0 Å². The summed E-state index contributed by atoms with van der Waals surface area (Å²) in [5.41, 5.74) is 1.52. The second-order valence-corrected chi connectivity index (χ2v) is 6.90. The lowest BCUT2D eigenvalue weighted by Gasteiger charge is -2.15. The van der Waals surface area contributed by atoms with Gasteiger partial charge in [0.1, 0.15) is 5.75 Å². The average molecular weight is 384 g/mol. The van der Waals surface area contributed by atoms with Crippen LogP contribution in [0.1, 0.15) is 25.8 Å². The van der Waals surface area contributed by atoms with Gasteiger partial charge in [-0.2, -0.15) is 0 Å². The first kappa shape index (κ1) is 17.5. The monoisotopic (exact) mass is 383 g/mol. The highest BCUT2D eigenvalue weighted by Gasteiger charge is 2.28. The zero-order valence-electron chi connectivity index (χ0n) is 14.7. The molecule has 1 fully saturated rings. The van der Waals surface area contributed by atoms with E-state index in [1.54, 1.807) is 31.2 Å². The second-order valence-electron chi connectivity index (χ2n) is 6.46. The predicted octanol–water partition coefficient (Wildman–Crippen LogP) is 3.73. The van der Waals surface area contributed by atoms with Gasteiger partial charge in [-0.1, -0.05) is 23.7 Å². The van der Waals surface area contributed by atoms with E-state index in [-0.39, 0.29) is 5.91 Å². The SMILES string of the molecule is C[C@H](Oc1ccc(Cl)cc1)C(=O)Nc1cccc(-c2nnnn2C2CC2)c1. The molecule has 0 spiro atoms. The molecule has 138 valence electrons. The van der Waals surface area contributed by atoms with Gasteiger partial charge in [0.2, 0.25) is 0 Å². The molecular formula is C19H18ClN5O2. The number of hydrogen-bond donors (Lipinski definition) is 1. The summed E-state index contributed by atoms with van der Waals surface area (Å²) in [6.45, 7) is 1.70. The van der Waals surface area contributed by atoms with E-state index < -0.39 is 6.10 Å². The van der Waals surface area contributed by atoms with Crippen molar-refractivity contribution in [3.8, 4) is 17.1 Å². The summed E-state index contributed by atoms with van der Waals surface area (Å²) in [6, 6.07) is 14.7. The van der Waals surface area contributed by atoms with Crippen LogP contribution in [0.15, 0.2) is 48.5 Å². The summed E-state index contributed by atoms with van der Waals surface area (Å²) >= 11 is 5.86. The van der Waals surface area contributed by atoms with E-state index in [2.05, 4.69) is 20.8 Å². The van der Waals surface area contributed by atoms with Gasteiger partial charge in [0.25, 0.3) is 5.91 Å². The van der Waals surface area contributed by atoms with Crippen LogP contribution in [0.2, 0.25) is 5.02 Å². The first-order chi connectivity index (χ1) is 13.1. The van der Waals surface area contributed by atoms with Crippen LogP contribution in [0.5, 0.6) is 5.75 Å². The standard InChI is InChI=1S/C19H18ClN5O2/c1-12(27-17-9-5-14(20)6-10-17)19(26)21-15-4-2-3-13(11-15)18-22-23-24-25(18)16-7-8-16/h2-6,9-12,16H,7-8H2,1H3,(H,21,26)/t12-/m0/s1. The molecule has 1 aliphatic carbocycles. The van der Waals surface area contributed by atoms with E-state index in [0.29, 0.717) is 28.3 Å². The highest BCUT2D eigenvalue weighted by Crippen LogP contribution is 2.36. The fraction of sp³-hybridized carbons (Fsp3) is 0.263. The number of tetrazole rings is 1. The molecule has 0 radical (unpaired) electrons. The third kappa shape index (κ3) is 4.09. The Morgan fingerprint density at radius 1 is 1.26 bits per heavy atom. The number of aromatic nitrogens is 4. The van der Waals surface area contributed by atoms with Crippen LogP contribution in [-0.2, 0) is 4.79 Å². The topological polar surface area (TPSA) is 81.9 Å². The number of nitrogens with one attached hydrogen (secondary N) is 1. The van der Waals surface area contributed by atoms with Crippen molar-refractivity contribution in [2.75, 3.05) is 5.32 Å². The molecule has 1 atom stereocenters. The van der Waals surface area contributed by atoms with Gasteiger partial charge in [-0.05, 0) is 66.6 Å². The maximum Gasteiger partial charge on any atom is 0.265 e. The number of carbonyl (C=O) groups excluding carboxylic acids is 1. The average Bonchev–Trinajstić information content (AvgIpc) is 3.40. The molecule has 3 aromatic rings. The molecule has 1 amide bonds. The molecule has 2 aromatic carbocycles. The van der Waals surface area contributed by atoms with Crippen molar-refractivity contribution in [3.63, 3.8) is 0 Å². The minimum atomic E-state index is -0.661. The first-order valence-electron chi connectivity index (χ1n) is 8.71. The number of carbonyl (C=O) groups is 1. The molecule has 7 nitrogen and oxygen atoms in total. The van der Waals surface area contributed by atoms with E-state index in [1.807, 2.05) is 28.9 Å². The molecule has 8 heteroatoms. The molecule has 0 saturated heterocycles. The number of ether oxygens (including phenoxy) is 1. The van der Waals surface area contributed by atoms with Crippen LogP contribution in [0.3, 0.4) is 0 Å². The van der Waals surface area contributed by atoms with Gasteiger partial charge in [0.15, 0.2) is 11.9 Å². The fourth-order valence-corrected chi connectivity index (χ4v) is 2.83. The lowest BCUT2D eigenvalue weighted by Crippen LogP contribution is -2.30. The van der Waals surface area contributed by atoms with Crippen molar-refractivity contribution < 1.29 is 9.53 Å². The summed E-state index contributed by atoms with van der Waals surface area (Å²) < 4.78 is 7.50. The first-order valence-corrected chi connectivity index (χ1v) is 9.09. The normalized spacial score (nSPS) is 14.6. The van der Waals surface area contributed by atoms with Gasteiger partial charge in [-0.3, -0.25) is 4.79 Å². The van der Waals surface area contributed by atoms with E-state index in [1.165, 1.54) is 0 Å². The van der Waals surface area contributed by atoms with Crippen LogP contribution in [0, 0.1) is 0 Å². The zero-order valence-corrected chi connectivity index (χ0v) is 15.4. The van der Waals surface area contributed by atoms with Crippen molar-refractivity contribution in [2.45, 2.75) is 31.9 Å². The van der Waals surface area contributed by atoms with Crippen molar-refractivity contribution >= 4 is 23.2 Å². The summed E-state index contributed by atoms with van der Waals surface area (Å²) in [5, 5.41) is 15.5. The minimum Gasteiger partial charge on any atom is -0.481 e. The number of benzene rings is 2. The number of amides is 1. The van der Waals surface area contributed by atoms with Crippen LogP contribution in [0.25, 0.3) is 11.4 Å². The van der Waals surface area contributed by atoms with Crippen LogP contribution >= 0.6 is 11.6 Å². The van der Waals surface area contributed by atoms with E-state index in [4.69, 9.17) is 16.3 Å². The van der Waals surface area contributed by atoms with Crippen molar-refractivity contribution in [2.24, 2.45) is 0 Å². The summed E-state index contributed by atoms with van der Waals surface area (Å²) in [4.78, 5) is 12.5. The third-order valence-corrected chi connectivity index (χ3v) is 4.52. The molecule has 1 aliphatic rings. The second kappa shape index (κ2) is 7.36. The zero-order chi connectivity index (χ0) is 18.8. The molecule has 27 heavy (non-hydrogen) atoms. The van der Waals surface area contributed by atoms with Crippen molar-refractivity contribution in [1.29, 1.82) is 0 Å². The highest BCUT2D eigenvalue weighted by atomic mass is 35.5. The predicted molar refractivity (Wildman–Crippen MR) is 102 cm³/mol. The Morgan fingerprint density at radius 2 is 2.04 bits per heavy atom. The molecule has 1 N–H and O–H groups in total. The van der Waals surface area contributed by atoms with E-state index >= 15 is 0 Å². The Balaban J connectivity index is 1.45. The van der Waals surface area contributed by atoms with Crippen molar-refractivity contribution in [1.82, 2.24) is 20.2 Å². The fourth-order valence-electron chi connectivity index (χ4n) is 2.70. The van der Waals surface area contributed by atoms with Crippen LogP contribution < -0.4 is 10.1 Å². The summed E-state index contributed by atoms with van der Waals surface area (Å²) in [5.74, 6) is 1.04. The van der Waals surface area contributed by atoms with E-state index in [9.17, 15) is 4.79 Å². The van der Waals surface area contributed by atoms with E-state index in [0.717, 1.165) is 18.4 Å². The smallest absolute Gasteiger partial charge is 0.265 e. The molecule has 4 rings (SSSR count). The summed E-state index contributed by atoms with van der Waals surface area (Å²) in [7, 11) is 0. The number of halogens is 1. The van der Waals surface area contributed by atoms with Gasteiger partial charge < -0.3 is 10.1 Å². The Bertz CT molecular complexity index is 953. The molecule has 0 bridgehead atoms. The Hall–Kier alpha value is -2.93. The number of rotatable bonds is 6. The van der Waals surface area contributed by atoms with Gasteiger partial charge in [0.05, 0.1) is 6.04 Å². The summed E-state index contributed by atoms with van der Waals surface area (Å²) in [6.07, 6.45) is 1.52. The number of anilines is 1. The number of hydrogen-bond acceptors (Lipinski definition) is 5. The van der Waals surface area contributed by atoms with Crippen LogP contribution in [0.4, 0.5) is 5.69 Å². The highest BCUT2D eigenvalue weighted by molar-refractivity contribution is 6.30. The van der Waals surface area contributed by atoms with Gasteiger partial charge in [0, 0.05) is 16.3 Å².